The third kappa shape index (κ3) is 5.46. The van der Waals surface area contributed by atoms with E-state index < -0.39 is 0 Å². The number of nitrogens with zero attached hydrogens (tertiary/aromatic N) is 2. The normalized spacial score (nSPS) is 10.3. The van der Waals surface area contributed by atoms with Crippen molar-refractivity contribution in [1.82, 2.24) is 9.97 Å². The summed E-state index contributed by atoms with van der Waals surface area (Å²) >= 11 is 7.86. The van der Waals surface area contributed by atoms with Crippen molar-refractivity contribution in [2.75, 3.05) is 35.7 Å². The standard InChI is InChI=1S/C11H19ClN4S/c1-3-5-14-11-15-8-9(12)10(16-11)13-6-4-7-17-2/h8H,3-7H2,1-2H3,(H2,13,14,15,16). The number of aromatic nitrogens is 2. The summed E-state index contributed by atoms with van der Waals surface area (Å²) in [6.07, 6.45) is 5.87. The van der Waals surface area contributed by atoms with E-state index in [0.717, 1.165) is 31.7 Å². The molecule has 0 aliphatic heterocycles. The Kier molecular flexibility index (Phi) is 7.12. The minimum Gasteiger partial charge on any atom is -0.369 e. The summed E-state index contributed by atoms with van der Waals surface area (Å²) < 4.78 is 0. The van der Waals surface area contributed by atoms with Crippen LogP contribution in [0.3, 0.4) is 0 Å². The molecule has 0 radical (unpaired) electrons. The molecule has 0 aromatic carbocycles. The zero-order valence-electron chi connectivity index (χ0n) is 10.3. The fourth-order valence-corrected chi connectivity index (χ4v) is 1.83. The van der Waals surface area contributed by atoms with Crippen LogP contribution in [0.1, 0.15) is 19.8 Å². The van der Waals surface area contributed by atoms with Crippen LogP contribution in [0.4, 0.5) is 11.8 Å². The number of rotatable bonds is 8. The third-order valence-electron chi connectivity index (χ3n) is 2.09. The van der Waals surface area contributed by atoms with Gasteiger partial charge in [-0.1, -0.05) is 18.5 Å². The zero-order valence-corrected chi connectivity index (χ0v) is 11.9. The summed E-state index contributed by atoms with van der Waals surface area (Å²) in [5.41, 5.74) is 0. The highest BCUT2D eigenvalue weighted by molar-refractivity contribution is 7.98. The summed E-state index contributed by atoms with van der Waals surface area (Å²) in [5.74, 6) is 2.47. The van der Waals surface area contributed by atoms with Crippen molar-refractivity contribution in [1.29, 1.82) is 0 Å². The lowest BCUT2D eigenvalue weighted by Gasteiger charge is -2.09. The van der Waals surface area contributed by atoms with Gasteiger partial charge in [-0.05, 0) is 24.9 Å². The second-order valence-electron chi connectivity index (χ2n) is 3.59. The Balaban J connectivity index is 2.50. The molecular formula is C11H19ClN4S. The highest BCUT2D eigenvalue weighted by Gasteiger charge is 2.04. The lowest BCUT2D eigenvalue weighted by Crippen LogP contribution is -2.09. The molecular weight excluding hydrogens is 256 g/mol. The molecule has 0 bridgehead atoms. The maximum absolute atomic E-state index is 6.02. The fraction of sp³-hybridized carbons (Fsp3) is 0.636. The minimum atomic E-state index is 0.566. The van der Waals surface area contributed by atoms with Crippen LogP contribution in [-0.2, 0) is 0 Å². The van der Waals surface area contributed by atoms with Gasteiger partial charge in [0, 0.05) is 13.1 Å². The van der Waals surface area contributed by atoms with Crippen molar-refractivity contribution in [2.45, 2.75) is 19.8 Å². The first-order valence-electron chi connectivity index (χ1n) is 5.77. The topological polar surface area (TPSA) is 49.8 Å². The molecule has 96 valence electrons. The molecule has 0 aliphatic carbocycles. The van der Waals surface area contributed by atoms with Gasteiger partial charge in [-0.3, -0.25) is 0 Å². The first-order valence-corrected chi connectivity index (χ1v) is 7.54. The molecule has 0 saturated heterocycles. The van der Waals surface area contributed by atoms with Gasteiger partial charge in [0.05, 0.1) is 6.20 Å². The Bertz CT molecular complexity index is 335. The molecule has 1 aromatic rings. The lowest BCUT2D eigenvalue weighted by molar-refractivity contribution is 0.943. The first-order chi connectivity index (χ1) is 8.27. The van der Waals surface area contributed by atoms with E-state index in [-0.39, 0.29) is 0 Å². The summed E-state index contributed by atoms with van der Waals surface area (Å²) in [4.78, 5) is 8.46. The molecule has 2 N–H and O–H groups in total. The average molecular weight is 275 g/mol. The smallest absolute Gasteiger partial charge is 0.224 e. The Labute approximate surface area is 112 Å². The van der Waals surface area contributed by atoms with Gasteiger partial charge in [-0.25, -0.2) is 4.98 Å². The zero-order chi connectivity index (χ0) is 12.5. The summed E-state index contributed by atoms with van der Waals surface area (Å²) in [6, 6.07) is 0. The van der Waals surface area contributed by atoms with Crippen LogP contribution in [0.15, 0.2) is 6.20 Å². The number of halogens is 1. The maximum atomic E-state index is 6.02. The van der Waals surface area contributed by atoms with E-state index in [1.165, 1.54) is 0 Å². The van der Waals surface area contributed by atoms with Crippen LogP contribution in [0, 0.1) is 0 Å². The minimum absolute atomic E-state index is 0.566. The number of thioether (sulfide) groups is 1. The Morgan fingerprint density at radius 3 is 2.88 bits per heavy atom. The number of anilines is 2. The molecule has 0 fully saturated rings. The van der Waals surface area contributed by atoms with Crippen LogP contribution in [0.25, 0.3) is 0 Å². The van der Waals surface area contributed by atoms with E-state index in [1.54, 1.807) is 6.20 Å². The van der Waals surface area contributed by atoms with Crippen LogP contribution in [-0.4, -0.2) is 35.1 Å². The van der Waals surface area contributed by atoms with Crippen molar-refractivity contribution in [3.05, 3.63) is 11.2 Å². The molecule has 0 spiro atoms. The van der Waals surface area contributed by atoms with E-state index in [9.17, 15) is 0 Å². The van der Waals surface area contributed by atoms with Crippen molar-refractivity contribution < 1.29 is 0 Å². The monoisotopic (exact) mass is 274 g/mol. The summed E-state index contributed by atoms with van der Waals surface area (Å²) in [7, 11) is 0. The van der Waals surface area contributed by atoms with Crippen LogP contribution < -0.4 is 10.6 Å². The van der Waals surface area contributed by atoms with Gasteiger partial charge in [-0.2, -0.15) is 16.7 Å². The van der Waals surface area contributed by atoms with Crippen molar-refractivity contribution in [2.24, 2.45) is 0 Å². The van der Waals surface area contributed by atoms with Gasteiger partial charge in [0.25, 0.3) is 0 Å². The van der Waals surface area contributed by atoms with Crippen LogP contribution >= 0.6 is 23.4 Å². The van der Waals surface area contributed by atoms with E-state index in [1.807, 2.05) is 11.8 Å². The highest BCUT2D eigenvalue weighted by atomic mass is 35.5. The van der Waals surface area contributed by atoms with Gasteiger partial charge in [0.2, 0.25) is 5.95 Å². The summed E-state index contributed by atoms with van der Waals surface area (Å²) in [6.45, 7) is 3.85. The van der Waals surface area contributed by atoms with Gasteiger partial charge in [0.1, 0.15) is 10.8 Å². The number of hydrogen-bond donors (Lipinski definition) is 2. The SMILES string of the molecule is CCCNc1ncc(Cl)c(NCCCSC)n1. The third-order valence-corrected chi connectivity index (χ3v) is 3.07. The predicted octanol–water partition coefficient (Wildman–Crippen LogP) is 3.12. The second-order valence-corrected chi connectivity index (χ2v) is 4.98. The molecule has 0 amide bonds. The Morgan fingerprint density at radius 1 is 1.35 bits per heavy atom. The van der Waals surface area contributed by atoms with Crippen LogP contribution in [0.5, 0.6) is 0 Å². The molecule has 0 unspecified atom stereocenters. The molecule has 1 heterocycles. The maximum Gasteiger partial charge on any atom is 0.224 e. The van der Waals surface area contributed by atoms with E-state index in [2.05, 4.69) is 33.8 Å². The molecule has 1 rings (SSSR count). The molecule has 17 heavy (non-hydrogen) atoms. The summed E-state index contributed by atoms with van der Waals surface area (Å²) in [5, 5.41) is 6.93. The van der Waals surface area contributed by atoms with E-state index in [0.29, 0.717) is 16.8 Å². The first kappa shape index (κ1) is 14.4. The van der Waals surface area contributed by atoms with Gasteiger partial charge in [-0.15, -0.1) is 0 Å². The highest BCUT2D eigenvalue weighted by Crippen LogP contribution is 2.19. The second kappa shape index (κ2) is 8.42. The lowest BCUT2D eigenvalue weighted by atomic mass is 10.4. The largest absolute Gasteiger partial charge is 0.369 e. The van der Waals surface area contributed by atoms with Gasteiger partial charge >= 0.3 is 0 Å². The average Bonchev–Trinajstić information content (AvgIpc) is 2.35. The van der Waals surface area contributed by atoms with Crippen LogP contribution in [0.2, 0.25) is 5.02 Å². The predicted molar refractivity (Wildman–Crippen MR) is 77.3 cm³/mol. The Morgan fingerprint density at radius 2 is 2.18 bits per heavy atom. The molecule has 4 nitrogen and oxygen atoms in total. The van der Waals surface area contributed by atoms with Gasteiger partial charge < -0.3 is 10.6 Å². The Hall–Kier alpha value is -0.680. The number of hydrogen-bond acceptors (Lipinski definition) is 5. The fourth-order valence-electron chi connectivity index (χ4n) is 1.24. The van der Waals surface area contributed by atoms with E-state index >= 15 is 0 Å². The van der Waals surface area contributed by atoms with Gasteiger partial charge in [0.15, 0.2) is 0 Å². The van der Waals surface area contributed by atoms with Crippen molar-refractivity contribution in [3.63, 3.8) is 0 Å². The van der Waals surface area contributed by atoms with E-state index in [4.69, 9.17) is 11.6 Å². The quantitative estimate of drug-likeness (QED) is 0.714. The molecule has 0 saturated carbocycles. The molecule has 0 aliphatic rings. The molecule has 1 aromatic heterocycles. The number of nitrogens with one attached hydrogen (secondary N) is 2. The molecule has 6 heteroatoms. The molecule has 0 atom stereocenters. The van der Waals surface area contributed by atoms with Crippen molar-refractivity contribution in [3.8, 4) is 0 Å². The van der Waals surface area contributed by atoms with Crippen molar-refractivity contribution >= 4 is 35.1 Å².